The number of amides is 1. The van der Waals surface area contributed by atoms with Gasteiger partial charge in [0.15, 0.2) is 0 Å². The van der Waals surface area contributed by atoms with E-state index in [4.69, 9.17) is 0 Å². The zero-order chi connectivity index (χ0) is 15.9. The molecule has 0 aliphatic carbocycles. The van der Waals surface area contributed by atoms with Crippen LogP contribution in [0.5, 0.6) is 0 Å². The van der Waals surface area contributed by atoms with Gasteiger partial charge in [-0.2, -0.15) is 0 Å². The number of benzene rings is 2. The Morgan fingerprint density at radius 3 is 2.36 bits per heavy atom. The van der Waals surface area contributed by atoms with E-state index in [1.165, 1.54) is 0 Å². The van der Waals surface area contributed by atoms with Gasteiger partial charge in [0.25, 0.3) is 5.91 Å². The van der Waals surface area contributed by atoms with E-state index in [0.29, 0.717) is 5.56 Å². The predicted molar refractivity (Wildman–Crippen MR) is 95.5 cm³/mol. The van der Waals surface area contributed by atoms with Crippen molar-refractivity contribution in [3.05, 3.63) is 72.3 Å². The number of hydrogen-bond acceptors (Lipinski definition) is 1. The first-order valence-electron chi connectivity index (χ1n) is 7.26. The quantitative estimate of drug-likeness (QED) is 0.666. The Labute approximate surface area is 139 Å². The molecule has 2 nitrogen and oxygen atoms in total. The molecule has 0 saturated carbocycles. The van der Waals surface area contributed by atoms with E-state index < -0.39 is 5.54 Å². The van der Waals surface area contributed by atoms with Gasteiger partial charge in [-0.25, -0.2) is 0 Å². The number of carbonyl (C=O) groups is 1. The van der Waals surface area contributed by atoms with E-state index in [9.17, 15) is 4.79 Å². The third-order valence-electron chi connectivity index (χ3n) is 4.22. The van der Waals surface area contributed by atoms with E-state index in [2.05, 4.69) is 36.4 Å². The fraction of sp³-hybridized carbons (Fsp3) is 0.211. The summed E-state index contributed by atoms with van der Waals surface area (Å²) < 4.78 is 0. The summed E-state index contributed by atoms with van der Waals surface area (Å²) in [5.41, 5.74) is 3.24. The number of carbonyl (C=O) groups excluding carboxylic acids is 1. The van der Waals surface area contributed by atoms with Crippen molar-refractivity contribution in [1.29, 1.82) is 0 Å². The van der Waals surface area contributed by atoms with Crippen molar-refractivity contribution in [2.24, 2.45) is 0 Å². The number of anilines is 1. The molecular weight excluding hydrogens is 338 g/mol. The monoisotopic (exact) mass is 355 g/mol. The van der Waals surface area contributed by atoms with Gasteiger partial charge in [0.1, 0.15) is 0 Å². The first-order valence-corrected chi connectivity index (χ1v) is 8.18. The minimum Gasteiger partial charge on any atom is -0.301 e. The molecule has 3 heteroatoms. The first-order chi connectivity index (χ1) is 10.4. The summed E-state index contributed by atoms with van der Waals surface area (Å²) in [5, 5.41) is 0. The molecule has 0 bridgehead atoms. The SMILES string of the molecule is C=C1c2ccccc2N(C(=O)c2ccccc2)C(C)(C)C1Br. The molecule has 0 radical (unpaired) electrons. The summed E-state index contributed by atoms with van der Waals surface area (Å²) in [6, 6.07) is 17.4. The lowest BCUT2D eigenvalue weighted by atomic mass is 9.83. The highest BCUT2D eigenvalue weighted by atomic mass is 79.9. The van der Waals surface area contributed by atoms with Crippen LogP contribution in [-0.2, 0) is 0 Å². The molecule has 0 N–H and O–H groups in total. The Morgan fingerprint density at radius 1 is 1.09 bits per heavy atom. The maximum atomic E-state index is 13.1. The number of fused-ring (bicyclic) bond motifs is 1. The molecule has 1 heterocycles. The summed E-state index contributed by atoms with van der Waals surface area (Å²) >= 11 is 3.73. The Morgan fingerprint density at radius 2 is 1.68 bits per heavy atom. The van der Waals surface area contributed by atoms with Crippen LogP contribution in [0.15, 0.2) is 61.2 Å². The molecule has 2 aromatic rings. The highest BCUT2D eigenvalue weighted by Gasteiger charge is 2.44. The number of para-hydroxylation sites is 1. The summed E-state index contributed by atoms with van der Waals surface area (Å²) in [6.45, 7) is 8.34. The summed E-state index contributed by atoms with van der Waals surface area (Å²) in [5.74, 6) is 0.00926. The number of halogens is 1. The van der Waals surface area contributed by atoms with Crippen LogP contribution in [0.4, 0.5) is 5.69 Å². The number of hydrogen-bond donors (Lipinski definition) is 0. The van der Waals surface area contributed by atoms with Crippen molar-refractivity contribution in [1.82, 2.24) is 0 Å². The second-order valence-electron chi connectivity index (χ2n) is 6.07. The van der Waals surface area contributed by atoms with Gasteiger partial charge in [-0.15, -0.1) is 0 Å². The van der Waals surface area contributed by atoms with Crippen LogP contribution in [0, 0.1) is 0 Å². The fourth-order valence-corrected chi connectivity index (χ4v) is 3.46. The summed E-state index contributed by atoms with van der Waals surface area (Å²) in [6.07, 6.45) is 0. The minimum atomic E-state index is -0.404. The van der Waals surface area contributed by atoms with E-state index in [0.717, 1.165) is 16.8 Å². The molecule has 0 fully saturated rings. The van der Waals surface area contributed by atoms with E-state index in [-0.39, 0.29) is 10.7 Å². The van der Waals surface area contributed by atoms with Crippen molar-refractivity contribution in [2.75, 3.05) is 4.90 Å². The topological polar surface area (TPSA) is 20.3 Å². The van der Waals surface area contributed by atoms with Crippen molar-refractivity contribution >= 4 is 33.1 Å². The molecule has 112 valence electrons. The van der Waals surface area contributed by atoms with E-state index >= 15 is 0 Å². The highest BCUT2D eigenvalue weighted by Crippen LogP contribution is 2.46. The lowest BCUT2D eigenvalue weighted by Crippen LogP contribution is -2.56. The molecule has 1 aliphatic rings. The Balaban J connectivity index is 2.18. The Bertz CT molecular complexity index is 736. The van der Waals surface area contributed by atoms with Crippen molar-refractivity contribution in [3.63, 3.8) is 0 Å². The second kappa shape index (κ2) is 5.40. The van der Waals surface area contributed by atoms with Crippen LogP contribution in [0.25, 0.3) is 5.57 Å². The van der Waals surface area contributed by atoms with Crippen LogP contribution in [0.3, 0.4) is 0 Å². The number of nitrogens with zero attached hydrogens (tertiary/aromatic N) is 1. The molecule has 3 rings (SSSR count). The number of rotatable bonds is 1. The molecular formula is C19H18BrNO. The standard InChI is InChI=1S/C19H18BrNO/c1-13-15-11-7-8-12-16(15)21(19(2,3)17(13)20)18(22)14-9-5-4-6-10-14/h4-12,17H,1H2,2-3H3. The molecule has 0 saturated heterocycles. The first kappa shape index (κ1) is 15.0. The molecule has 1 atom stereocenters. The van der Waals surface area contributed by atoms with Gasteiger partial charge in [0, 0.05) is 11.1 Å². The van der Waals surface area contributed by atoms with Gasteiger partial charge in [-0.1, -0.05) is 58.9 Å². The largest absolute Gasteiger partial charge is 0.301 e. The van der Waals surface area contributed by atoms with Crippen LogP contribution >= 0.6 is 15.9 Å². The Hall–Kier alpha value is -1.87. The summed E-state index contributed by atoms with van der Waals surface area (Å²) in [4.78, 5) is 15.0. The van der Waals surface area contributed by atoms with Gasteiger partial charge >= 0.3 is 0 Å². The highest BCUT2D eigenvalue weighted by molar-refractivity contribution is 9.09. The zero-order valence-corrected chi connectivity index (χ0v) is 14.3. The second-order valence-corrected chi connectivity index (χ2v) is 6.98. The summed E-state index contributed by atoms with van der Waals surface area (Å²) in [7, 11) is 0. The number of alkyl halides is 1. The maximum Gasteiger partial charge on any atom is 0.258 e. The third-order valence-corrected chi connectivity index (χ3v) is 5.89. The van der Waals surface area contributed by atoms with E-state index in [1.54, 1.807) is 0 Å². The van der Waals surface area contributed by atoms with Gasteiger partial charge in [0.05, 0.1) is 16.1 Å². The van der Waals surface area contributed by atoms with Crippen molar-refractivity contribution < 1.29 is 4.79 Å². The molecule has 2 aromatic carbocycles. The third kappa shape index (κ3) is 2.20. The lowest BCUT2D eigenvalue weighted by Gasteiger charge is -2.47. The average molecular weight is 356 g/mol. The van der Waals surface area contributed by atoms with Crippen LogP contribution < -0.4 is 4.90 Å². The van der Waals surface area contributed by atoms with Crippen LogP contribution in [-0.4, -0.2) is 16.3 Å². The van der Waals surface area contributed by atoms with Gasteiger partial charge in [0.2, 0.25) is 0 Å². The molecule has 0 spiro atoms. The van der Waals surface area contributed by atoms with Crippen LogP contribution in [0.1, 0.15) is 29.8 Å². The molecule has 22 heavy (non-hydrogen) atoms. The zero-order valence-electron chi connectivity index (χ0n) is 12.7. The molecule has 0 aromatic heterocycles. The maximum absolute atomic E-state index is 13.1. The van der Waals surface area contributed by atoms with Crippen molar-refractivity contribution in [2.45, 2.75) is 24.2 Å². The lowest BCUT2D eigenvalue weighted by molar-refractivity contribution is 0.0963. The Kier molecular flexibility index (Phi) is 3.69. The smallest absolute Gasteiger partial charge is 0.258 e. The van der Waals surface area contributed by atoms with Crippen molar-refractivity contribution in [3.8, 4) is 0 Å². The fourth-order valence-electron chi connectivity index (χ4n) is 3.01. The van der Waals surface area contributed by atoms with Gasteiger partial charge in [-0.3, -0.25) is 4.79 Å². The predicted octanol–water partition coefficient (Wildman–Crippen LogP) is 4.90. The van der Waals surface area contributed by atoms with Gasteiger partial charge < -0.3 is 4.90 Å². The molecule has 1 amide bonds. The average Bonchev–Trinajstić information content (AvgIpc) is 2.53. The molecule has 1 unspecified atom stereocenters. The van der Waals surface area contributed by atoms with E-state index in [1.807, 2.05) is 59.5 Å². The normalized spacial score (nSPS) is 19.7. The van der Waals surface area contributed by atoms with Gasteiger partial charge in [-0.05, 0) is 37.6 Å². The molecule has 1 aliphatic heterocycles. The van der Waals surface area contributed by atoms with Crippen LogP contribution in [0.2, 0.25) is 0 Å². The minimum absolute atomic E-state index is 0.00237.